The van der Waals surface area contributed by atoms with Gasteiger partial charge in [0.15, 0.2) is 0 Å². The van der Waals surface area contributed by atoms with Gasteiger partial charge in [-0.05, 0) is 27.7 Å². The Hall–Kier alpha value is 0.524. The Labute approximate surface area is 138 Å². The molecule has 16 heavy (non-hydrogen) atoms. The molecule has 0 rings (SSSR count). The van der Waals surface area contributed by atoms with Crippen LogP contribution in [0.1, 0.15) is 40.5 Å². The Morgan fingerprint density at radius 3 is 0.750 bits per heavy atom. The summed E-state index contributed by atoms with van der Waals surface area (Å²) in [6.07, 6.45) is 0.167. The molecule has 0 unspecified atom stereocenters. The number of carbonyl (C=O) groups is 4. The van der Waals surface area contributed by atoms with Crippen LogP contribution in [0.3, 0.4) is 0 Å². The van der Waals surface area contributed by atoms with Gasteiger partial charge in [0, 0.05) is 57.0 Å². The van der Waals surface area contributed by atoms with Crippen LogP contribution in [0.5, 0.6) is 0 Å². The van der Waals surface area contributed by atoms with Crippen LogP contribution < -0.4 is 0 Å². The minimum Gasteiger partial charge on any atom is -0.300 e. The topological polar surface area (TPSA) is 68.3 Å². The standard InChI is InChI=1S/2C5H8O2.Fe.Th/c2*1-4(6)3-5(2)7;;/h2*3H2,1-2H3;;. The Morgan fingerprint density at radius 1 is 0.625 bits per heavy atom. The van der Waals surface area contributed by atoms with Gasteiger partial charge in [-0.1, -0.05) is 0 Å². The summed E-state index contributed by atoms with van der Waals surface area (Å²) in [7, 11) is 0. The van der Waals surface area contributed by atoms with E-state index in [0.717, 1.165) is 0 Å². The molecule has 92 valence electrons. The number of Topliss-reactive ketones (excluding diaryl/α,β-unsaturated/α-hetero) is 4. The molecule has 0 fully saturated rings. The molecule has 0 saturated heterocycles. The molecule has 0 N–H and O–H groups in total. The smallest absolute Gasteiger partial charge is 0.137 e. The maximum Gasteiger partial charge on any atom is 0.137 e. The molecule has 0 aliphatic carbocycles. The monoisotopic (exact) mass is 488 g/mol. The average molecular weight is 488 g/mol. The summed E-state index contributed by atoms with van der Waals surface area (Å²) in [6.45, 7) is 5.62. The van der Waals surface area contributed by atoms with Crippen molar-refractivity contribution < 1.29 is 76.2 Å². The van der Waals surface area contributed by atoms with Crippen molar-refractivity contribution in [2.24, 2.45) is 0 Å². The van der Waals surface area contributed by atoms with Gasteiger partial charge >= 0.3 is 0 Å². The van der Waals surface area contributed by atoms with Crippen molar-refractivity contribution in [2.75, 3.05) is 0 Å². The summed E-state index contributed by atoms with van der Waals surface area (Å²) >= 11 is 0. The number of hydrogen-bond donors (Lipinski definition) is 0. The molecule has 0 spiro atoms. The van der Waals surface area contributed by atoms with E-state index in [1.54, 1.807) is 0 Å². The van der Waals surface area contributed by atoms with E-state index < -0.39 is 0 Å². The molecule has 4 nitrogen and oxygen atoms in total. The summed E-state index contributed by atoms with van der Waals surface area (Å²) in [4.78, 5) is 40.1. The van der Waals surface area contributed by atoms with Gasteiger partial charge in [-0.25, -0.2) is 0 Å². The average Bonchev–Trinajstić information content (AvgIpc) is 1.79. The molecule has 0 atom stereocenters. The Bertz CT molecular complexity index is 201. The minimum absolute atomic E-state index is 0. The zero-order valence-electron chi connectivity index (χ0n) is 9.90. The van der Waals surface area contributed by atoms with Crippen LogP contribution in [0, 0.1) is 39.9 Å². The molecular weight excluding hydrogens is 472 g/mol. The van der Waals surface area contributed by atoms with E-state index in [-0.39, 0.29) is 93.0 Å². The van der Waals surface area contributed by atoms with Crippen LogP contribution in [0.4, 0.5) is 0 Å². The summed E-state index contributed by atoms with van der Waals surface area (Å²) in [5, 5.41) is 0. The van der Waals surface area contributed by atoms with E-state index in [0.29, 0.717) is 0 Å². The third-order valence-electron chi connectivity index (χ3n) is 0.996. The molecule has 0 amide bonds. The summed E-state index contributed by atoms with van der Waals surface area (Å²) in [5.74, 6) is -0.250. The van der Waals surface area contributed by atoms with E-state index in [9.17, 15) is 19.2 Å². The van der Waals surface area contributed by atoms with Crippen molar-refractivity contribution in [3.05, 3.63) is 0 Å². The van der Waals surface area contributed by atoms with Gasteiger partial charge in [-0.3, -0.25) is 19.2 Å². The molecule has 0 aliphatic heterocycles. The van der Waals surface area contributed by atoms with E-state index in [4.69, 9.17) is 0 Å². The van der Waals surface area contributed by atoms with Crippen molar-refractivity contribution in [1.29, 1.82) is 0 Å². The fraction of sp³-hybridized carbons (Fsp3) is 0.600. The number of carbonyl (C=O) groups excluding carboxylic acids is 4. The maximum absolute atomic E-state index is 10.0. The molecular formula is C10H16FeO4Th. The van der Waals surface area contributed by atoms with E-state index in [1.807, 2.05) is 0 Å². The van der Waals surface area contributed by atoms with Gasteiger partial charge in [0.05, 0.1) is 12.8 Å². The van der Waals surface area contributed by atoms with E-state index >= 15 is 0 Å². The molecule has 0 aromatic rings. The Morgan fingerprint density at radius 2 is 0.750 bits per heavy atom. The fourth-order valence-electron chi connectivity index (χ4n) is 0.701. The molecule has 0 heterocycles. The molecule has 0 aromatic carbocycles. The largest absolute Gasteiger partial charge is 0.300 e. The first-order valence-electron chi connectivity index (χ1n) is 4.23. The third-order valence-corrected chi connectivity index (χ3v) is 0.996. The van der Waals surface area contributed by atoms with Crippen molar-refractivity contribution in [1.82, 2.24) is 0 Å². The van der Waals surface area contributed by atoms with Gasteiger partial charge in [0.2, 0.25) is 0 Å². The van der Waals surface area contributed by atoms with Crippen molar-refractivity contribution in [3.8, 4) is 0 Å². The Kier molecular flexibility index (Phi) is 24.6. The van der Waals surface area contributed by atoms with E-state index in [1.165, 1.54) is 27.7 Å². The van der Waals surface area contributed by atoms with Crippen LogP contribution >= 0.6 is 0 Å². The minimum atomic E-state index is -0.0625. The first kappa shape index (κ1) is 25.4. The van der Waals surface area contributed by atoms with Crippen LogP contribution in [0.25, 0.3) is 0 Å². The second kappa shape index (κ2) is 15.5. The van der Waals surface area contributed by atoms with Crippen LogP contribution in [-0.4, -0.2) is 23.1 Å². The van der Waals surface area contributed by atoms with Crippen LogP contribution in [-0.2, 0) is 36.2 Å². The van der Waals surface area contributed by atoms with Gasteiger partial charge in [0.25, 0.3) is 0 Å². The second-order valence-electron chi connectivity index (χ2n) is 3.16. The fourth-order valence-corrected chi connectivity index (χ4v) is 0.701. The van der Waals surface area contributed by atoms with Gasteiger partial charge in [0.1, 0.15) is 23.1 Å². The SMILES string of the molecule is CC(=O)CC(C)=O.CC(=O)CC(C)=O.[Fe].[Th]. The van der Waals surface area contributed by atoms with Gasteiger partial charge in [-0.2, -0.15) is 0 Å². The third kappa shape index (κ3) is 36.6. The second-order valence-corrected chi connectivity index (χ2v) is 3.16. The number of rotatable bonds is 4. The van der Waals surface area contributed by atoms with E-state index in [2.05, 4.69) is 0 Å². The maximum atomic E-state index is 10.0. The molecule has 0 bridgehead atoms. The summed E-state index contributed by atoms with van der Waals surface area (Å²) < 4.78 is 0. The van der Waals surface area contributed by atoms with Crippen LogP contribution in [0.15, 0.2) is 0 Å². The predicted molar refractivity (Wildman–Crippen MR) is 52.0 cm³/mol. The van der Waals surface area contributed by atoms with Crippen molar-refractivity contribution in [2.45, 2.75) is 40.5 Å². The molecule has 0 radical (unpaired) electrons. The first-order chi connectivity index (χ1) is 6.25. The number of ketones is 4. The summed E-state index contributed by atoms with van der Waals surface area (Å²) in [6, 6.07) is 0. The molecule has 6 heteroatoms. The zero-order valence-corrected chi connectivity index (χ0v) is 15.1. The molecule has 0 aliphatic rings. The Balaban J connectivity index is -0.0000000800. The summed E-state index contributed by atoms with van der Waals surface area (Å²) in [5.41, 5.74) is 0. The first-order valence-corrected chi connectivity index (χ1v) is 4.23. The molecule has 0 aromatic heterocycles. The van der Waals surface area contributed by atoms with Crippen molar-refractivity contribution >= 4 is 23.1 Å². The number of hydrogen-bond acceptors (Lipinski definition) is 4. The van der Waals surface area contributed by atoms with Gasteiger partial charge in [-0.15, -0.1) is 0 Å². The van der Waals surface area contributed by atoms with Crippen molar-refractivity contribution in [3.63, 3.8) is 0 Å². The zero-order chi connectivity index (χ0) is 11.7. The van der Waals surface area contributed by atoms with Gasteiger partial charge < -0.3 is 0 Å². The predicted octanol–water partition coefficient (Wildman–Crippen LogP) is 1.11. The molecule has 0 saturated carbocycles. The normalized spacial score (nSPS) is 7.25. The van der Waals surface area contributed by atoms with Crippen LogP contribution in [0.2, 0.25) is 0 Å². The quantitative estimate of drug-likeness (QED) is 0.440.